The molecule has 2 rings (SSSR count). The molecule has 1 aliphatic rings. The average molecular weight is 318 g/mol. The summed E-state index contributed by atoms with van der Waals surface area (Å²) >= 11 is 0. The van der Waals surface area contributed by atoms with Gasteiger partial charge in [-0.1, -0.05) is 39.3 Å². The third-order valence-corrected chi connectivity index (χ3v) is 4.97. The summed E-state index contributed by atoms with van der Waals surface area (Å²) in [6, 6.07) is 6.34. The predicted octanol–water partition coefficient (Wildman–Crippen LogP) is 3.92. The van der Waals surface area contributed by atoms with Crippen molar-refractivity contribution in [3.63, 3.8) is 0 Å². The zero-order valence-electron chi connectivity index (χ0n) is 14.1. The molecular weight excluding hydrogens is 292 g/mol. The highest BCUT2D eigenvalue weighted by molar-refractivity contribution is 5.79. The van der Waals surface area contributed by atoms with Crippen molar-refractivity contribution in [2.24, 2.45) is 23.7 Å². The van der Waals surface area contributed by atoms with Crippen LogP contribution in [0.25, 0.3) is 0 Å². The Balaban J connectivity index is 1.95. The van der Waals surface area contributed by atoms with E-state index in [2.05, 4.69) is 26.1 Å². The SMILES string of the molecule is CC(C)[C@@H]1CC[C@@H](C)C[C@H]1C(=O)NCc1ccc([N+](=O)[O-])cc1. The number of nitrogens with one attached hydrogen (secondary N) is 1. The number of carbonyl (C=O) groups is 1. The van der Waals surface area contributed by atoms with Crippen molar-refractivity contribution >= 4 is 11.6 Å². The third-order valence-electron chi connectivity index (χ3n) is 4.97. The van der Waals surface area contributed by atoms with E-state index in [0.29, 0.717) is 24.3 Å². The number of benzene rings is 1. The normalized spacial score (nSPS) is 24.4. The Hall–Kier alpha value is -1.91. The van der Waals surface area contributed by atoms with Gasteiger partial charge in [0, 0.05) is 24.6 Å². The first-order valence-electron chi connectivity index (χ1n) is 8.39. The Morgan fingerprint density at radius 2 is 1.96 bits per heavy atom. The van der Waals surface area contributed by atoms with Gasteiger partial charge in [-0.15, -0.1) is 0 Å². The molecule has 126 valence electrons. The lowest BCUT2D eigenvalue weighted by Gasteiger charge is -2.36. The Bertz CT molecular complexity index is 554. The van der Waals surface area contributed by atoms with Crippen molar-refractivity contribution in [3.8, 4) is 0 Å². The van der Waals surface area contributed by atoms with E-state index < -0.39 is 4.92 Å². The Kier molecular flexibility index (Phi) is 5.74. The summed E-state index contributed by atoms with van der Waals surface area (Å²) in [7, 11) is 0. The second kappa shape index (κ2) is 7.57. The lowest BCUT2D eigenvalue weighted by Crippen LogP contribution is -2.39. The Labute approximate surface area is 137 Å². The summed E-state index contributed by atoms with van der Waals surface area (Å²) in [5.41, 5.74) is 0.954. The first-order valence-corrected chi connectivity index (χ1v) is 8.39. The molecule has 0 aromatic heterocycles. The van der Waals surface area contributed by atoms with Crippen LogP contribution in [0.4, 0.5) is 5.69 Å². The summed E-state index contributed by atoms with van der Waals surface area (Å²) in [6.45, 7) is 7.02. The van der Waals surface area contributed by atoms with Crippen molar-refractivity contribution < 1.29 is 9.72 Å². The number of hydrogen-bond acceptors (Lipinski definition) is 3. The Morgan fingerprint density at radius 1 is 1.30 bits per heavy atom. The molecule has 23 heavy (non-hydrogen) atoms. The van der Waals surface area contributed by atoms with E-state index >= 15 is 0 Å². The molecule has 3 atom stereocenters. The number of rotatable bonds is 5. The van der Waals surface area contributed by atoms with Crippen molar-refractivity contribution in [2.75, 3.05) is 0 Å². The summed E-state index contributed by atoms with van der Waals surface area (Å²) in [6.07, 6.45) is 3.28. The fourth-order valence-corrected chi connectivity index (χ4v) is 3.56. The molecule has 0 aliphatic heterocycles. The van der Waals surface area contributed by atoms with Gasteiger partial charge in [-0.05, 0) is 36.2 Å². The molecule has 0 saturated heterocycles. The molecule has 0 radical (unpaired) electrons. The van der Waals surface area contributed by atoms with Gasteiger partial charge in [0.05, 0.1) is 4.92 Å². The molecule has 1 aromatic rings. The number of carbonyl (C=O) groups excluding carboxylic acids is 1. The van der Waals surface area contributed by atoms with E-state index in [1.54, 1.807) is 12.1 Å². The maximum Gasteiger partial charge on any atom is 0.269 e. The van der Waals surface area contributed by atoms with Gasteiger partial charge in [-0.3, -0.25) is 14.9 Å². The third kappa shape index (κ3) is 4.53. The molecule has 1 amide bonds. The van der Waals surface area contributed by atoms with Gasteiger partial charge in [0.2, 0.25) is 5.91 Å². The zero-order valence-corrected chi connectivity index (χ0v) is 14.1. The van der Waals surface area contributed by atoms with Crippen LogP contribution < -0.4 is 5.32 Å². The van der Waals surface area contributed by atoms with E-state index in [4.69, 9.17) is 0 Å². The minimum atomic E-state index is -0.418. The van der Waals surface area contributed by atoms with Crippen molar-refractivity contribution in [2.45, 2.75) is 46.6 Å². The Morgan fingerprint density at radius 3 is 2.52 bits per heavy atom. The van der Waals surface area contributed by atoms with E-state index in [-0.39, 0.29) is 17.5 Å². The monoisotopic (exact) mass is 318 g/mol. The van der Waals surface area contributed by atoms with Gasteiger partial charge >= 0.3 is 0 Å². The highest BCUT2D eigenvalue weighted by Crippen LogP contribution is 2.38. The molecule has 5 heteroatoms. The molecule has 1 N–H and O–H groups in total. The molecule has 5 nitrogen and oxygen atoms in total. The van der Waals surface area contributed by atoms with Crippen LogP contribution >= 0.6 is 0 Å². The number of amides is 1. The van der Waals surface area contributed by atoms with Crippen LogP contribution in [0, 0.1) is 33.8 Å². The summed E-state index contributed by atoms with van der Waals surface area (Å²) in [5, 5.41) is 13.7. The minimum absolute atomic E-state index is 0.0704. The molecule has 1 aromatic carbocycles. The number of nitro benzene ring substituents is 1. The number of hydrogen-bond donors (Lipinski definition) is 1. The predicted molar refractivity (Wildman–Crippen MR) is 89.8 cm³/mol. The van der Waals surface area contributed by atoms with Crippen molar-refractivity contribution in [1.82, 2.24) is 5.32 Å². The molecule has 1 fully saturated rings. The molecular formula is C18H26N2O3. The molecule has 0 spiro atoms. The van der Waals surface area contributed by atoms with Crippen LogP contribution in [0.5, 0.6) is 0 Å². The first kappa shape index (κ1) is 17.4. The van der Waals surface area contributed by atoms with Crippen LogP contribution in [-0.4, -0.2) is 10.8 Å². The van der Waals surface area contributed by atoms with Crippen LogP contribution in [0.1, 0.15) is 45.6 Å². The molecule has 1 saturated carbocycles. The first-order chi connectivity index (χ1) is 10.9. The second-order valence-electron chi connectivity index (χ2n) is 7.07. The van der Waals surface area contributed by atoms with Crippen LogP contribution in [0.15, 0.2) is 24.3 Å². The highest BCUT2D eigenvalue weighted by atomic mass is 16.6. The lowest BCUT2D eigenvalue weighted by molar-refractivity contribution is -0.384. The van der Waals surface area contributed by atoms with E-state index in [1.165, 1.54) is 18.6 Å². The largest absolute Gasteiger partial charge is 0.352 e. The summed E-state index contributed by atoms with van der Waals surface area (Å²) in [5.74, 6) is 1.76. The fraction of sp³-hybridized carbons (Fsp3) is 0.611. The van der Waals surface area contributed by atoms with Crippen molar-refractivity contribution in [1.29, 1.82) is 0 Å². The number of non-ortho nitro benzene ring substituents is 1. The quantitative estimate of drug-likeness (QED) is 0.660. The maximum atomic E-state index is 12.6. The van der Waals surface area contributed by atoms with Gasteiger partial charge in [0.1, 0.15) is 0 Å². The van der Waals surface area contributed by atoms with Gasteiger partial charge in [-0.2, -0.15) is 0 Å². The summed E-state index contributed by atoms with van der Waals surface area (Å²) < 4.78 is 0. The molecule has 0 heterocycles. The zero-order chi connectivity index (χ0) is 17.0. The number of nitrogens with zero attached hydrogens (tertiary/aromatic N) is 1. The number of nitro groups is 1. The van der Waals surface area contributed by atoms with E-state index in [0.717, 1.165) is 18.4 Å². The standard InChI is InChI=1S/C18H26N2O3/c1-12(2)16-9-4-13(3)10-17(16)18(21)19-11-14-5-7-15(8-6-14)20(22)23/h5-8,12-13,16-17H,4,9-11H2,1-3H3,(H,19,21)/t13-,16+,17-/m1/s1. The van der Waals surface area contributed by atoms with E-state index in [9.17, 15) is 14.9 Å². The van der Waals surface area contributed by atoms with Gasteiger partial charge in [0.15, 0.2) is 0 Å². The maximum absolute atomic E-state index is 12.6. The fourth-order valence-electron chi connectivity index (χ4n) is 3.56. The smallest absolute Gasteiger partial charge is 0.269 e. The lowest BCUT2D eigenvalue weighted by atomic mass is 9.70. The second-order valence-corrected chi connectivity index (χ2v) is 7.07. The molecule has 0 unspecified atom stereocenters. The molecule has 1 aliphatic carbocycles. The summed E-state index contributed by atoms with van der Waals surface area (Å²) in [4.78, 5) is 22.8. The topological polar surface area (TPSA) is 72.2 Å². The van der Waals surface area contributed by atoms with Crippen LogP contribution in [0.3, 0.4) is 0 Å². The van der Waals surface area contributed by atoms with E-state index in [1.807, 2.05) is 0 Å². The average Bonchev–Trinajstić information content (AvgIpc) is 2.52. The van der Waals surface area contributed by atoms with Gasteiger partial charge in [-0.25, -0.2) is 0 Å². The van der Waals surface area contributed by atoms with Crippen LogP contribution in [0.2, 0.25) is 0 Å². The molecule has 0 bridgehead atoms. The van der Waals surface area contributed by atoms with Gasteiger partial charge < -0.3 is 5.32 Å². The highest BCUT2D eigenvalue weighted by Gasteiger charge is 2.35. The van der Waals surface area contributed by atoms with Crippen molar-refractivity contribution in [3.05, 3.63) is 39.9 Å². The van der Waals surface area contributed by atoms with Gasteiger partial charge in [0.25, 0.3) is 5.69 Å². The minimum Gasteiger partial charge on any atom is -0.352 e. The van der Waals surface area contributed by atoms with Crippen LogP contribution in [-0.2, 0) is 11.3 Å².